The lowest BCUT2D eigenvalue weighted by Gasteiger charge is -2.56. The average molecular weight is 304 g/mol. The molecule has 2 atom stereocenters. The Morgan fingerprint density at radius 3 is 1.96 bits per heavy atom. The Bertz CT molecular complexity index is 826. The average Bonchev–Trinajstić information content (AvgIpc) is 2.58. The Kier molecular flexibility index (Phi) is 2.25. The third kappa shape index (κ3) is 1.33. The number of carbonyl (C=O) groups excluding carboxylic acids is 2. The van der Waals surface area contributed by atoms with Gasteiger partial charge >= 0.3 is 0 Å². The molecule has 1 heterocycles. The normalized spacial score (nSPS) is 33.2. The summed E-state index contributed by atoms with van der Waals surface area (Å²) in [6.07, 6.45) is 0. The molecule has 1 fully saturated rings. The van der Waals surface area contributed by atoms with Gasteiger partial charge in [-0.15, -0.1) is 0 Å². The number of carbonyl (C=O) groups is 2. The fourth-order valence-corrected chi connectivity index (χ4v) is 5.08. The highest BCUT2D eigenvalue weighted by Crippen LogP contribution is 2.61. The first-order chi connectivity index (χ1) is 11.1. The van der Waals surface area contributed by atoms with Crippen molar-refractivity contribution >= 4 is 11.8 Å². The van der Waals surface area contributed by atoms with Crippen molar-refractivity contribution in [3.05, 3.63) is 70.8 Å². The summed E-state index contributed by atoms with van der Waals surface area (Å²) in [5.41, 5.74) is 9.35. The molecular weight excluding hydrogens is 288 g/mol. The molecule has 0 aromatic heterocycles. The van der Waals surface area contributed by atoms with Crippen LogP contribution in [0.4, 0.5) is 0 Å². The predicted molar refractivity (Wildman–Crippen MR) is 84.4 cm³/mol. The van der Waals surface area contributed by atoms with Crippen molar-refractivity contribution < 1.29 is 9.59 Å². The van der Waals surface area contributed by atoms with Gasteiger partial charge in [-0.2, -0.15) is 0 Å². The fourth-order valence-electron chi connectivity index (χ4n) is 5.08. The van der Waals surface area contributed by atoms with E-state index in [1.165, 1.54) is 22.3 Å². The van der Waals surface area contributed by atoms with Gasteiger partial charge in [-0.3, -0.25) is 20.4 Å². The first-order valence-corrected chi connectivity index (χ1v) is 7.92. The molecule has 0 radical (unpaired) electrons. The lowest BCUT2D eigenvalue weighted by molar-refractivity contribution is -0.147. The van der Waals surface area contributed by atoms with Gasteiger partial charge in [0.15, 0.2) is 0 Å². The first kappa shape index (κ1) is 12.9. The highest BCUT2D eigenvalue weighted by atomic mass is 16.2. The minimum absolute atomic E-state index is 0.0553. The second-order valence-electron chi connectivity index (χ2n) is 6.84. The van der Waals surface area contributed by atoms with Crippen LogP contribution in [0.1, 0.15) is 35.1 Å². The largest absolute Gasteiger partial charge is 0.273 e. The molecule has 3 aliphatic carbocycles. The van der Waals surface area contributed by atoms with Gasteiger partial charge in [0.05, 0.1) is 11.8 Å². The van der Waals surface area contributed by atoms with Crippen LogP contribution in [0.25, 0.3) is 0 Å². The van der Waals surface area contributed by atoms with E-state index in [2.05, 4.69) is 42.0 Å². The van der Waals surface area contributed by atoms with E-state index < -0.39 is 5.41 Å². The highest BCUT2D eigenvalue weighted by Gasteiger charge is 2.62. The molecule has 4 nitrogen and oxygen atoms in total. The van der Waals surface area contributed by atoms with Crippen molar-refractivity contribution in [2.75, 3.05) is 0 Å². The Morgan fingerprint density at radius 1 is 0.826 bits per heavy atom. The Morgan fingerprint density at radius 2 is 1.35 bits per heavy atom. The van der Waals surface area contributed by atoms with Crippen LogP contribution >= 0.6 is 0 Å². The first-order valence-electron chi connectivity index (χ1n) is 7.92. The maximum absolute atomic E-state index is 12.7. The molecule has 114 valence electrons. The van der Waals surface area contributed by atoms with Gasteiger partial charge in [0.2, 0.25) is 11.8 Å². The van der Waals surface area contributed by atoms with Crippen molar-refractivity contribution in [3.8, 4) is 0 Å². The van der Waals surface area contributed by atoms with Gasteiger partial charge in [0, 0.05) is 11.3 Å². The van der Waals surface area contributed by atoms with E-state index in [4.69, 9.17) is 0 Å². The summed E-state index contributed by atoms with van der Waals surface area (Å²) in [5, 5.41) is 0. The maximum Gasteiger partial charge on any atom is 0.243 e. The number of hydrogen-bond acceptors (Lipinski definition) is 2. The summed E-state index contributed by atoms with van der Waals surface area (Å²) in [4.78, 5) is 25.3. The van der Waals surface area contributed by atoms with Crippen molar-refractivity contribution in [3.63, 3.8) is 0 Å². The van der Waals surface area contributed by atoms with E-state index in [-0.39, 0.29) is 29.6 Å². The summed E-state index contributed by atoms with van der Waals surface area (Å²) in [7, 11) is 0. The molecule has 4 heteroatoms. The zero-order valence-corrected chi connectivity index (χ0v) is 12.7. The standard InChI is InChI=1S/C19H16N2O2/c1-19-12-8-4-2-6-10(12)14(11-7-3-5-9-13(11)19)15-16(19)18(23)21-20-17(15)22/h2-9,14-16H,1H3,(H,20,22)(H,21,23)/t14?,15-,16-,19?/m1/s1. The second kappa shape index (κ2) is 4.02. The molecule has 2 amide bonds. The molecule has 4 aliphatic rings. The summed E-state index contributed by atoms with van der Waals surface area (Å²) in [5.74, 6) is -0.953. The SMILES string of the molecule is CC12c3ccccc3C(c3ccccc31)[C@H]1C(=O)NNC(=O)[C@@H]12. The third-order valence-electron chi connectivity index (χ3n) is 5.95. The van der Waals surface area contributed by atoms with E-state index in [0.29, 0.717) is 0 Å². The van der Waals surface area contributed by atoms with E-state index in [1.54, 1.807) is 0 Å². The lowest BCUT2D eigenvalue weighted by Crippen LogP contribution is -2.66. The monoisotopic (exact) mass is 304 g/mol. The number of rotatable bonds is 0. The van der Waals surface area contributed by atoms with Gasteiger partial charge in [-0.1, -0.05) is 55.5 Å². The molecule has 1 saturated heterocycles. The van der Waals surface area contributed by atoms with Crippen LogP contribution in [0, 0.1) is 11.8 Å². The number of amides is 2. The van der Waals surface area contributed by atoms with Crippen LogP contribution in [0.3, 0.4) is 0 Å². The van der Waals surface area contributed by atoms with Crippen LogP contribution < -0.4 is 10.9 Å². The minimum atomic E-state index is -0.478. The maximum atomic E-state index is 12.7. The molecule has 0 unspecified atom stereocenters. The Hall–Kier alpha value is -2.62. The minimum Gasteiger partial charge on any atom is -0.273 e. The zero-order chi connectivity index (χ0) is 15.8. The number of nitrogens with one attached hydrogen (secondary N) is 2. The van der Waals surface area contributed by atoms with Crippen LogP contribution in [-0.2, 0) is 15.0 Å². The number of benzene rings is 2. The molecule has 1 aliphatic heterocycles. The molecule has 0 saturated carbocycles. The lowest BCUT2D eigenvalue weighted by atomic mass is 9.47. The van der Waals surface area contributed by atoms with Crippen molar-refractivity contribution in [1.82, 2.24) is 10.9 Å². The molecule has 23 heavy (non-hydrogen) atoms. The van der Waals surface area contributed by atoms with Gasteiger partial charge in [0.25, 0.3) is 0 Å². The topological polar surface area (TPSA) is 58.2 Å². The summed E-state index contributed by atoms with van der Waals surface area (Å²) in [6.45, 7) is 2.11. The van der Waals surface area contributed by atoms with E-state index in [9.17, 15) is 9.59 Å². The van der Waals surface area contributed by atoms with Gasteiger partial charge < -0.3 is 0 Å². The van der Waals surface area contributed by atoms with Crippen molar-refractivity contribution in [2.45, 2.75) is 18.3 Å². The third-order valence-corrected chi connectivity index (χ3v) is 5.95. The highest BCUT2D eigenvalue weighted by molar-refractivity contribution is 5.97. The number of hydrazine groups is 1. The van der Waals surface area contributed by atoms with Crippen LogP contribution in [0.15, 0.2) is 48.5 Å². The fraction of sp³-hybridized carbons (Fsp3) is 0.263. The molecule has 2 N–H and O–H groups in total. The Balaban J connectivity index is 1.92. The van der Waals surface area contributed by atoms with Gasteiger partial charge in [-0.25, -0.2) is 0 Å². The zero-order valence-electron chi connectivity index (χ0n) is 12.7. The van der Waals surface area contributed by atoms with E-state index in [0.717, 1.165) is 0 Å². The van der Waals surface area contributed by atoms with Crippen molar-refractivity contribution in [1.29, 1.82) is 0 Å². The van der Waals surface area contributed by atoms with Gasteiger partial charge in [0.1, 0.15) is 0 Å². The van der Waals surface area contributed by atoms with Crippen LogP contribution in [0.2, 0.25) is 0 Å². The molecule has 0 spiro atoms. The summed E-state index contributed by atoms with van der Waals surface area (Å²) >= 11 is 0. The van der Waals surface area contributed by atoms with Crippen LogP contribution in [-0.4, -0.2) is 11.8 Å². The predicted octanol–water partition coefficient (Wildman–Crippen LogP) is 1.84. The second-order valence-corrected chi connectivity index (χ2v) is 6.84. The molecule has 2 aromatic carbocycles. The van der Waals surface area contributed by atoms with Crippen LogP contribution in [0.5, 0.6) is 0 Å². The summed E-state index contributed by atoms with van der Waals surface area (Å²) < 4.78 is 0. The summed E-state index contributed by atoms with van der Waals surface area (Å²) in [6, 6.07) is 16.5. The molecule has 6 rings (SSSR count). The van der Waals surface area contributed by atoms with Gasteiger partial charge in [-0.05, 0) is 22.3 Å². The number of hydrogen-bond donors (Lipinski definition) is 2. The molecular formula is C19H16N2O2. The Labute approximate surface area is 133 Å². The van der Waals surface area contributed by atoms with E-state index >= 15 is 0 Å². The molecule has 2 aromatic rings. The smallest absolute Gasteiger partial charge is 0.243 e. The van der Waals surface area contributed by atoms with Crippen molar-refractivity contribution in [2.24, 2.45) is 11.8 Å². The quantitative estimate of drug-likeness (QED) is 0.780. The molecule has 2 bridgehead atoms. The van der Waals surface area contributed by atoms with E-state index in [1.807, 2.05) is 24.3 Å².